The van der Waals surface area contributed by atoms with Gasteiger partial charge in [0, 0.05) is 18.8 Å². The molecule has 0 unspecified atom stereocenters. The van der Waals surface area contributed by atoms with E-state index in [1.807, 2.05) is 0 Å². The molecule has 2 aromatic rings. The maximum absolute atomic E-state index is 12.7. The summed E-state index contributed by atoms with van der Waals surface area (Å²) >= 11 is 1.20. The molecule has 3 rings (SSSR count). The molecule has 0 saturated carbocycles. The molecule has 1 aliphatic rings. The first-order valence-corrected chi connectivity index (χ1v) is 9.54. The van der Waals surface area contributed by atoms with Crippen molar-refractivity contribution in [3.63, 3.8) is 0 Å². The Morgan fingerprint density at radius 3 is 2.71 bits per heavy atom. The summed E-state index contributed by atoms with van der Waals surface area (Å²) in [4.78, 5) is 2.21. The summed E-state index contributed by atoms with van der Waals surface area (Å²) in [5.41, 5.74) is 4.01. The minimum Gasteiger partial charge on any atom is -0.675 e. The summed E-state index contributed by atoms with van der Waals surface area (Å²) in [6.07, 6.45) is -2.53. The van der Waals surface area contributed by atoms with Crippen molar-refractivity contribution in [3.8, 4) is 0 Å². The molecule has 1 aliphatic heterocycles. The molecule has 0 fully saturated rings. The number of alkyl halides is 3. The SMILES string of the molecule is CC(C)CN1CCCc2cc(N=Nc3nncs3)c([N-]CC(F)(F)F)cc21.[Co+2]. The Kier molecular flexibility index (Phi) is 7.78. The number of hydrogen-bond acceptors (Lipinski definition) is 6. The van der Waals surface area contributed by atoms with Crippen LogP contribution in [0.15, 0.2) is 27.9 Å². The van der Waals surface area contributed by atoms with Crippen molar-refractivity contribution in [2.24, 2.45) is 16.1 Å². The first-order chi connectivity index (χ1) is 12.8. The Morgan fingerprint density at radius 1 is 1.29 bits per heavy atom. The van der Waals surface area contributed by atoms with Gasteiger partial charge in [-0.1, -0.05) is 31.3 Å². The molecule has 1 aromatic heterocycles. The Bertz CT molecular complexity index is 795. The van der Waals surface area contributed by atoms with Crippen LogP contribution in [0.4, 0.5) is 35.4 Å². The third-order valence-corrected chi connectivity index (χ3v) is 4.57. The van der Waals surface area contributed by atoms with Gasteiger partial charge in [-0.05, 0) is 36.9 Å². The van der Waals surface area contributed by atoms with Crippen LogP contribution < -0.4 is 4.90 Å². The van der Waals surface area contributed by atoms with E-state index in [1.165, 1.54) is 16.8 Å². The summed E-state index contributed by atoms with van der Waals surface area (Å²) in [6, 6.07) is 3.50. The van der Waals surface area contributed by atoms with Gasteiger partial charge in [0.25, 0.3) is 5.13 Å². The van der Waals surface area contributed by atoms with Crippen molar-refractivity contribution in [2.45, 2.75) is 32.9 Å². The van der Waals surface area contributed by atoms with E-state index in [1.54, 1.807) is 12.1 Å². The molecule has 0 bridgehead atoms. The third-order valence-electron chi connectivity index (χ3n) is 4.00. The van der Waals surface area contributed by atoms with Crippen LogP contribution >= 0.6 is 11.3 Å². The molecule has 2 heterocycles. The molecule has 0 N–H and O–H groups in total. The molecule has 0 amide bonds. The van der Waals surface area contributed by atoms with Crippen molar-refractivity contribution in [1.82, 2.24) is 10.2 Å². The normalized spacial score (nSPS) is 14.3. The molecule has 1 aromatic carbocycles. The van der Waals surface area contributed by atoms with Gasteiger partial charge >= 0.3 is 23.0 Å². The van der Waals surface area contributed by atoms with Gasteiger partial charge in [-0.2, -0.15) is 13.2 Å². The predicted octanol–water partition coefficient (Wildman–Crippen LogP) is 5.93. The molecule has 0 aliphatic carbocycles. The van der Waals surface area contributed by atoms with Crippen molar-refractivity contribution >= 4 is 33.5 Å². The summed E-state index contributed by atoms with van der Waals surface area (Å²) in [5.74, 6) is 0.447. The minimum absolute atomic E-state index is 0. The molecule has 1 radical (unpaired) electrons. The van der Waals surface area contributed by atoms with Gasteiger partial charge in [-0.3, -0.25) is 0 Å². The van der Waals surface area contributed by atoms with Gasteiger partial charge in [0.15, 0.2) is 0 Å². The molecule has 153 valence electrons. The van der Waals surface area contributed by atoms with Crippen LogP contribution in [0.1, 0.15) is 25.8 Å². The van der Waals surface area contributed by atoms with Crippen LogP contribution in [0.5, 0.6) is 0 Å². The number of aromatic nitrogens is 2. The number of rotatable bonds is 6. The van der Waals surface area contributed by atoms with E-state index in [0.717, 1.165) is 37.2 Å². The fraction of sp³-hybridized carbons (Fsp3) is 0.529. The quantitative estimate of drug-likeness (QED) is 0.506. The first kappa shape index (κ1) is 22.6. The van der Waals surface area contributed by atoms with Crippen molar-refractivity contribution in [1.29, 1.82) is 0 Å². The molecule has 28 heavy (non-hydrogen) atoms. The molecule has 0 atom stereocenters. The number of azo groups is 1. The second-order valence-corrected chi connectivity index (χ2v) is 7.58. The average Bonchev–Trinajstić information content (AvgIpc) is 3.10. The summed E-state index contributed by atoms with van der Waals surface area (Å²) in [7, 11) is 0. The van der Waals surface area contributed by atoms with Crippen molar-refractivity contribution in [3.05, 3.63) is 28.5 Å². The smallest absolute Gasteiger partial charge is 0.675 e. The summed E-state index contributed by atoms with van der Waals surface area (Å²) in [5, 5.41) is 19.6. The Balaban J connectivity index is 0.00000280. The van der Waals surface area contributed by atoms with Gasteiger partial charge < -0.3 is 10.2 Å². The number of anilines is 1. The molecule has 0 saturated heterocycles. The number of halogens is 3. The van der Waals surface area contributed by atoms with Gasteiger partial charge in [0.2, 0.25) is 0 Å². The third kappa shape index (κ3) is 6.14. The van der Waals surface area contributed by atoms with Crippen LogP contribution in [0.3, 0.4) is 0 Å². The zero-order valence-corrected chi connectivity index (χ0v) is 17.3. The molecule has 0 spiro atoms. The number of nitrogens with zero attached hydrogens (tertiary/aromatic N) is 6. The van der Waals surface area contributed by atoms with Gasteiger partial charge in [-0.25, -0.2) is 0 Å². The summed E-state index contributed by atoms with van der Waals surface area (Å²) in [6.45, 7) is 4.71. The molecular formula is C17H20CoF3N6S+. The minimum atomic E-state index is -4.37. The standard InChI is InChI=1S/C17H20F3N6S.Co/c1-11(2)8-26-5-3-4-12-6-14(23-25-16-24-22-10-27-16)13(7-15(12)26)21-9-17(18,19)20;/h6-7,10-11H,3-5,8-9H2,1-2H3;/q-1;+2. The maximum Gasteiger partial charge on any atom is 2.00 e. The zero-order valence-electron chi connectivity index (χ0n) is 15.4. The van der Waals surface area contributed by atoms with Crippen LogP contribution in [-0.2, 0) is 23.2 Å². The van der Waals surface area contributed by atoms with Gasteiger partial charge in [-0.15, -0.1) is 26.1 Å². The number of aryl methyl sites for hydroxylation is 1. The Labute approximate surface area is 175 Å². The Morgan fingerprint density at radius 2 is 2.07 bits per heavy atom. The van der Waals surface area contributed by atoms with Gasteiger partial charge in [0.1, 0.15) is 5.51 Å². The first-order valence-electron chi connectivity index (χ1n) is 8.66. The van der Waals surface area contributed by atoms with Crippen molar-refractivity contribution in [2.75, 3.05) is 24.5 Å². The number of benzene rings is 1. The van der Waals surface area contributed by atoms with Crippen molar-refractivity contribution < 1.29 is 30.0 Å². The zero-order chi connectivity index (χ0) is 19.4. The number of fused-ring (bicyclic) bond motifs is 1. The number of hydrogen-bond donors (Lipinski definition) is 0. The van der Waals surface area contributed by atoms with Crippen LogP contribution in [0, 0.1) is 5.92 Å². The van der Waals surface area contributed by atoms with E-state index < -0.39 is 12.7 Å². The summed E-state index contributed by atoms with van der Waals surface area (Å²) < 4.78 is 38.1. The topological polar surface area (TPSA) is 67.8 Å². The van der Waals surface area contributed by atoms with E-state index in [-0.39, 0.29) is 22.5 Å². The second kappa shape index (κ2) is 9.66. The van der Waals surface area contributed by atoms with Crippen LogP contribution in [0.25, 0.3) is 5.32 Å². The fourth-order valence-electron chi connectivity index (χ4n) is 3.00. The van der Waals surface area contributed by atoms with Crippen LogP contribution in [-0.4, -0.2) is 36.0 Å². The average molecular weight is 456 g/mol. The van der Waals surface area contributed by atoms with E-state index in [4.69, 9.17) is 0 Å². The monoisotopic (exact) mass is 456 g/mol. The van der Waals surface area contributed by atoms with Gasteiger partial charge in [0.05, 0.1) is 5.69 Å². The van der Waals surface area contributed by atoms with E-state index in [2.05, 4.69) is 44.5 Å². The Hall–Kier alpha value is -1.72. The molecular weight excluding hydrogens is 436 g/mol. The van der Waals surface area contributed by atoms with E-state index >= 15 is 0 Å². The molecule has 6 nitrogen and oxygen atoms in total. The van der Waals surface area contributed by atoms with E-state index in [9.17, 15) is 13.2 Å². The second-order valence-electron chi connectivity index (χ2n) is 6.77. The predicted molar refractivity (Wildman–Crippen MR) is 99.8 cm³/mol. The largest absolute Gasteiger partial charge is 2.00 e. The van der Waals surface area contributed by atoms with Crippen LogP contribution in [0.2, 0.25) is 0 Å². The van der Waals surface area contributed by atoms with E-state index in [0.29, 0.717) is 16.7 Å². The maximum atomic E-state index is 12.7. The molecule has 11 heteroatoms. The fourth-order valence-corrected chi connectivity index (χ4v) is 3.37.